The summed E-state index contributed by atoms with van der Waals surface area (Å²) >= 11 is 0. The highest BCUT2D eigenvalue weighted by atomic mass is 19.4. The van der Waals surface area contributed by atoms with Gasteiger partial charge in [0.15, 0.2) is 0 Å². The fourth-order valence-corrected chi connectivity index (χ4v) is 11.3. The third-order valence-corrected chi connectivity index (χ3v) is 14.2. The molecule has 330 valence electrons. The summed E-state index contributed by atoms with van der Waals surface area (Å²) in [6.45, 7) is 0. The summed E-state index contributed by atoms with van der Waals surface area (Å²) in [6.07, 6.45) is -4.60. The van der Waals surface area contributed by atoms with Crippen LogP contribution in [0.1, 0.15) is 11.1 Å². The van der Waals surface area contributed by atoms with Crippen LogP contribution in [0.25, 0.3) is 121 Å². The lowest BCUT2D eigenvalue weighted by atomic mass is 9.96. The molecule has 14 rings (SSSR count). The SMILES string of the molecule is N#Cc1cc(-n2c3ccccc3c3cc(-n4c5ccccc5c5ccccc54)ccc32)c(-c2cccc(C(F)(F)F)c2)c(-n2c3ccccc3c3cc(-n4c5ccccc5c5ccccc54)ccc32)c1. The van der Waals surface area contributed by atoms with E-state index in [2.05, 4.69) is 170 Å². The van der Waals surface area contributed by atoms with Crippen molar-refractivity contribution in [1.82, 2.24) is 18.3 Å². The predicted molar refractivity (Wildman–Crippen MR) is 279 cm³/mol. The van der Waals surface area contributed by atoms with Crippen LogP contribution in [0.3, 0.4) is 0 Å². The fraction of sp³-hybridized carbons (Fsp3) is 0.0161. The van der Waals surface area contributed by atoms with Gasteiger partial charge in [0.05, 0.1) is 72.7 Å². The van der Waals surface area contributed by atoms with Gasteiger partial charge >= 0.3 is 6.18 Å². The molecule has 0 saturated heterocycles. The smallest absolute Gasteiger partial charge is 0.309 e. The molecule has 0 aliphatic rings. The van der Waals surface area contributed by atoms with E-state index >= 15 is 0 Å². The normalized spacial score (nSPS) is 12.2. The minimum Gasteiger partial charge on any atom is -0.309 e. The molecule has 4 aromatic heterocycles. The number of alkyl halides is 3. The van der Waals surface area contributed by atoms with Crippen LogP contribution in [0.15, 0.2) is 218 Å². The van der Waals surface area contributed by atoms with Crippen molar-refractivity contribution < 1.29 is 13.2 Å². The molecule has 8 heteroatoms. The minimum atomic E-state index is -4.60. The van der Waals surface area contributed by atoms with Gasteiger partial charge in [-0.3, -0.25) is 0 Å². The zero-order valence-electron chi connectivity index (χ0n) is 37.2. The highest BCUT2D eigenvalue weighted by molar-refractivity contribution is 6.15. The van der Waals surface area contributed by atoms with Crippen LogP contribution in [-0.4, -0.2) is 18.3 Å². The van der Waals surface area contributed by atoms with Crippen LogP contribution in [0.4, 0.5) is 13.2 Å². The maximum atomic E-state index is 14.8. The molecule has 0 aliphatic carbocycles. The quantitative estimate of drug-likeness (QED) is 0.170. The number of fused-ring (bicyclic) bond motifs is 12. The Bertz CT molecular complexity index is 4190. The molecule has 4 heterocycles. The number of rotatable bonds is 5. The first-order valence-electron chi connectivity index (χ1n) is 23.1. The van der Waals surface area contributed by atoms with E-state index in [1.807, 2.05) is 48.5 Å². The van der Waals surface area contributed by atoms with Gasteiger partial charge in [-0.05, 0) is 103 Å². The first-order valence-corrected chi connectivity index (χ1v) is 23.1. The molecule has 5 nitrogen and oxygen atoms in total. The summed E-state index contributed by atoms with van der Waals surface area (Å²) in [5, 5.41) is 19.4. The highest BCUT2D eigenvalue weighted by Gasteiger charge is 2.32. The molecular formula is C62H36F3N5. The van der Waals surface area contributed by atoms with Crippen molar-refractivity contribution in [3.8, 4) is 39.9 Å². The summed E-state index contributed by atoms with van der Waals surface area (Å²) in [5.41, 5.74) is 11.3. The van der Waals surface area contributed by atoms with Gasteiger partial charge in [-0.2, -0.15) is 18.4 Å². The van der Waals surface area contributed by atoms with E-state index in [-0.39, 0.29) is 0 Å². The third-order valence-electron chi connectivity index (χ3n) is 14.2. The predicted octanol–water partition coefficient (Wildman–Crippen LogP) is 16.6. The van der Waals surface area contributed by atoms with E-state index in [1.165, 1.54) is 12.1 Å². The average Bonchev–Trinajstić information content (AvgIpc) is 4.13. The number of benzene rings is 10. The molecule has 0 N–H and O–H groups in total. The second kappa shape index (κ2) is 14.8. The number of hydrogen-bond donors (Lipinski definition) is 0. The van der Waals surface area contributed by atoms with Gasteiger partial charge in [0.25, 0.3) is 0 Å². The van der Waals surface area contributed by atoms with Gasteiger partial charge in [0.2, 0.25) is 0 Å². The number of para-hydroxylation sites is 6. The van der Waals surface area contributed by atoms with E-state index in [9.17, 15) is 18.4 Å². The Labute approximate surface area is 397 Å². The van der Waals surface area contributed by atoms with Gasteiger partial charge < -0.3 is 18.3 Å². The maximum Gasteiger partial charge on any atom is 0.416 e. The molecular weight excluding hydrogens is 872 g/mol. The zero-order chi connectivity index (χ0) is 46.8. The Morgan fingerprint density at radius 3 is 1.04 bits per heavy atom. The fourth-order valence-electron chi connectivity index (χ4n) is 11.3. The van der Waals surface area contributed by atoms with Gasteiger partial charge in [-0.15, -0.1) is 0 Å². The Balaban J connectivity index is 1.07. The van der Waals surface area contributed by atoms with Gasteiger partial charge in [-0.1, -0.05) is 121 Å². The van der Waals surface area contributed by atoms with Crippen LogP contribution in [-0.2, 0) is 6.18 Å². The van der Waals surface area contributed by atoms with E-state index in [0.29, 0.717) is 28.1 Å². The number of halogens is 3. The van der Waals surface area contributed by atoms with Crippen molar-refractivity contribution in [1.29, 1.82) is 5.26 Å². The lowest BCUT2D eigenvalue weighted by Crippen LogP contribution is -2.07. The van der Waals surface area contributed by atoms with Crippen LogP contribution >= 0.6 is 0 Å². The molecule has 14 aromatic rings. The Hall–Kier alpha value is -9.32. The van der Waals surface area contributed by atoms with Crippen molar-refractivity contribution in [3.05, 3.63) is 230 Å². The van der Waals surface area contributed by atoms with Crippen LogP contribution < -0.4 is 0 Å². The second-order valence-electron chi connectivity index (χ2n) is 17.9. The maximum absolute atomic E-state index is 14.8. The molecule has 0 radical (unpaired) electrons. The molecule has 0 spiro atoms. The summed E-state index contributed by atoms with van der Waals surface area (Å²) in [4.78, 5) is 0. The lowest BCUT2D eigenvalue weighted by molar-refractivity contribution is -0.137. The molecule has 0 unspecified atom stereocenters. The topological polar surface area (TPSA) is 43.5 Å². The first-order chi connectivity index (χ1) is 34.3. The van der Waals surface area contributed by atoms with Crippen LogP contribution in [0.2, 0.25) is 0 Å². The molecule has 70 heavy (non-hydrogen) atoms. The first kappa shape index (κ1) is 39.8. The number of nitrogens with zero attached hydrogens (tertiary/aromatic N) is 5. The molecule has 0 aliphatic heterocycles. The van der Waals surface area contributed by atoms with Crippen LogP contribution in [0, 0.1) is 11.3 Å². The monoisotopic (exact) mass is 907 g/mol. The highest BCUT2D eigenvalue weighted by Crippen LogP contribution is 2.45. The van der Waals surface area contributed by atoms with Crippen LogP contribution in [0.5, 0.6) is 0 Å². The summed E-state index contributed by atoms with van der Waals surface area (Å²) < 4.78 is 53.3. The van der Waals surface area contributed by atoms with Gasteiger partial charge in [0.1, 0.15) is 0 Å². The van der Waals surface area contributed by atoms with E-state index in [4.69, 9.17) is 0 Å². The number of nitriles is 1. The molecule has 0 amide bonds. The van der Waals surface area contributed by atoms with E-state index < -0.39 is 11.7 Å². The largest absolute Gasteiger partial charge is 0.416 e. The molecule has 0 fully saturated rings. The molecule has 0 atom stereocenters. The van der Waals surface area contributed by atoms with Crippen molar-refractivity contribution in [2.45, 2.75) is 6.18 Å². The standard InChI is InChI=1S/C62H36F3N5/c63-62(64,65)40-15-13-14-39(34-40)61-59(69-55-26-11-5-20-47(55)49-35-41(28-30-57(49)69)67-51-22-7-1-16-43(51)44-17-2-8-23-52(44)67)32-38(37-66)33-60(61)70-56-27-12-6-21-48(56)50-36-42(29-31-58(50)70)68-53-24-9-3-18-45(53)46-19-4-10-25-54(46)68/h1-36H. The van der Waals surface area contributed by atoms with Gasteiger partial charge in [-0.25, -0.2) is 0 Å². The Kier molecular flexibility index (Phi) is 8.44. The zero-order valence-corrected chi connectivity index (χ0v) is 37.2. The van der Waals surface area contributed by atoms with Crippen molar-refractivity contribution in [2.75, 3.05) is 0 Å². The van der Waals surface area contributed by atoms with Crippen molar-refractivity contribution in [3.63, 3.8) is 0 Å². The minimum absolute atomic E-state index is 0.362. The Morgan fingerprint density at radius 1 is 0.329 bits per heavy atom. The third kappa shape index (κ3) is 5.72. The van der Waals surface area contributed by atoms with Crippen molar-refractivity contribution >= 4 is 87.2 Å². The molecule has 0 bridgehead atoms. The lowest BCUT2D eigenvalue weighted by Gasteiger charge is -2.21. The van der Waals surface area contributed by atoms with E-state index in [0.717, 1.165) is 105 Å². The van der Waals surface area contributed by atoms with E-state index in [1.54, 1.807) is 6.07 Å². The molecule has 10 aromatic carbocycles. The van der Waals surface area contributed by atoms with Gasteiger partial charge in [0, 0.05) is 60.0 Å². The molecule has 0 saturated carbocycles. The number of aromatic nitrogens is 4. The second-order valence-corrected chi connectivity index (χ2v) is 17.9. The summed E-state index contributed by atoms with van der Waals surface area (Å²) in [6, 6.07) is 74.3. The number of hydrogen-bond acceptors (Lipinski definition) is 1. The Morgan fingerprint density at radius 2 is 0.671 bits per heavy atom. The summed E-state index contributed by atoms with van der Waals surface area (Å²) in [5.74, 6) is 0. The van der Waals surface area contributed by atoms with Crippen molar-refractivity contribution in [2.24, 2.45) is 0 Å². The average molecular weight is 908 g/mol. The summed E-state index contributed by atoms with van der Waals surface area (Å²) in [7, 11) is 0.